The van der Waals surface area contributed by atoms with Gasteiger partial charge < -0.3 is 9.64 Å². The summed E-state index contributed by atoms with van der Waals surface area (Å²) in [6, 6.07) is 7.25. The van der Waals surface area contributed by atoms with Crippen molar-refractivity contribution in [2.24, 2.45) is 7.05 Å². The highest BCUT2D eigenvalue weighted by Crippen LogP contribution is 2.32. The first-order chi connectivity index (χ1) is 11.5. The van der Waals surface area contributed by atoms with Gasteiger partial charge in [0.1, 0.15) is 5.75 Å². The third-order valence-electron chi connectivity index (χ3n) is 4.25. The van der Waals surface area contributed by atoms with Gasteiger partial charge in [-0.25, -0.2) is 0 Å². The molecule has 2 heterocycles. The van der Waals surface area contributed by atoms with Crippen molar-refractivity contribution < 1.29 is 9.53 Å². The number of benzene rings is 1. The van der Waals surface area contributed by atoms with Crippen molar-refractivity contribution in [3.63, 3.8) is 0 Å². The van der Waals surface area contributed by atoms with Gasteiger partial charge in [0.2, 0.25) is 0 Å². The van der Waals surface area contributed by atoms with Gasteiger partial charge in [0.25, 0.3) is 5.91 Å². The van der Waals surface area contributed by atoms with Crippen molar-refractivity contribution in [3.05, 3.63) is 51.8 Å². The van der Waals surface area contributed by atoms with Gasteiger partial charge in [-0.1, -0.05) is 0 Å². The SMILES string of the molecule is COc1ccc(C(=O)N2CCS/C2=C/c2c(C)nn(C)c2C)cc1. The third-order valence-corrected chi connectivity index (χ3v) is 5.27. The van der Waals surface area contributed by atoms with Crippen molar-refractivity contribution in [3.8, 4) is 5.75 Å². The average Bonchev–Trinajstić information content (AvgIpc) is 3.14. The van der Waals surface area contributed by atoms with E-state index in [2.05, 4.69) is 11.2 Å². The molecule has 0 atom stereocenters. The molecule has 126 valence electrons. The first-order valence-corrected chi connectivity index (χ1v) is 8.80. The van der Waals surface area contributed by atoms with Gasteiger partial charge in [-0.05, 0) is 44.2 Å². The molecule has 0 unspecified atom stereocenters. The van der Waals surface area contributed by atoms with Crippen molar-refractivity contribution in [2.75, 3.05) is 19.4 Å². The smallest absolute Gasteiger partial charge is 0.258 e. The molecular weight excluding hydrogens is 322 g/mol. The molecule has 3 rings (SSSR count). The number of aryl methyl sites for hydroxylation is 2. The van der Waals surface area contributed by atoms with Gasteiger partial charge in [0.05, 0.1) is 17.8 Å². The van der Waals surface area contributed by atoms with Gasteiger partial charge >= 0.3 is 0 Å². The number of aromatic nitrogens is 2. The summed E-state index contributed by atoms with van der Waals surface area (Å²) in [5, 5.41) is 5.43. The zero-order valence-electron chi connectivity index (χ0n) is 14.4. The standard InChI is InChI=1S/C18H21N3O2S/c1-12-16(13(2)20(3)19-12)11-17-21(9-10-24-17)18(22)14-5-7-15(23-4)8-6-14/h5-8,11H,9-10H2,1-4H3/b17-11+. The molecule has 1 aromatic heterocycles. The average molecular weight is 343 g/mol. The molecule has 0 bridgehead atoms. The topological polar surface area (TPSA) is 47.4 Å². The maximum Gasteiger partial charge on any atom is 0.258 e. The van der Waals surface area contributed by atoms with Gasteiger partial charge in [0, 0.05) is 36.2 Å². The lowest BCUT2D eigenvalue weighted by Crippen LogP contribution is -2.26. The van der Waals surface area contributed by atoms with Gasteiger partial charge in [-0.3, -0.25) is 9.48 Å². The summed E-state index contributed by atoms with van der Waals surface area (Å²) in [6.45, 7) is 4.76. The lowest BCUT2D eigenvalue weighted by molar-refractivity contribution is 0.0831. The quantitative estimate of drug-likeness (QED) is 0.858. The molecule has 0 radical (unpaired) electrons. The summed E-state index contributed by atoms with van der Waals surface area (Å²) in [5.74, 6) is 1.68. The number of ether oxygens (including phenoxy) is 1. The van der Waals surface area contributed by atoms with Crippen molar-refractivity contribution in [1.82, 2.24) is 14.7 Å². The molecule has 1 fully saturated rings. The second kappa shape index (κ2) is 6.73. The maximum absolute atomic E-state index is 12.8. The van der Waals surface area contributed by atoms with E-state index in [1.54, 1.807) is 18.9 Å². The summed E-state index contributed by atoms with van der Waals surface area (Å²) in [7, 11) is 3.56. The molecule has 24 heavy (non-hydrogen) atoms. The van der Waals surface area contributed by atoms with E-state index < -0.39 is 0 Å². The minimum absolute atomic E-state index is 0.0214. The second-order valence-electron chi connectivity index (χ2n) is 5.72. The first kappa shape index (κ1) is 16.6. The molecule has 0 aliphatic carbocycles. The Labute approximate surface area is 146 Å². The first-order valence-electron chi connectivity index (χ1n) is 7.82. The van der Waals surface area contributed by atoms with Gasteiger partial charge in [0.15, 0.2) is 0 Å². The molecule has 0 N–H and O–H groups in total. The fourth-order valence-electron chi connectivity index (χ4n) is 2.76. The molecule has 1 amide bonds. The lowest BCUT2D eigenvalue weighted by atomic mass is 10.1. The van der Waals surface area contributed by atoms with Crippen molar-refractivity contribution in [1.29, 1.82) is 0 Å². The van der Waals surface area contributed by atoms with Gasteiger partial charge in [-0.2, -0.15) is 5.10 Å². The Kier molecular flexibility index (Phi) is 4.66. The predicted molar refractivity (Wildman–Crippen MR) is 97.1 cm³/mol. The highest BCUT2D eigenvalue weighted by molar-refractivity contribution is 8.03. The fraction of sp³-hybridized carbons (Fsp3) is 0.333. The number of amides is 1. The normalized spacial score (nSPS) is 16.0. The Morgan fingerprint density at radius 1 is 1.29 bits per heavy atom. The highest BCUT2D eigenvalue weighted by atomic mass is 32.2. The van der Waals surface area contributed by atoms with E-state index in [0.29, 0.717) is 5.56 Å². The molecule has 1 saturated heterocycles. The van der Waals surface area contributed by atoms with Crippen LogP contribution in [0, 0.1) is 13.8 Å². The fourth-order valence-corrected chi connectivity index (χ4v) is 3.78. The largest absolute Gasteiger partial charge is 0.497 e. The number of nitrogens with zero attached hydrogens (tertiary/aromatic N) is 3. The summed E-state index contributed by atoms with van der Waals surface area (Å²) in [5.41, 5.74) is 3.84. The monoisotopic (exact) mass is 343 g/mol. The lowest BCUT2D eigenvalue weighted by Gasteiger charge is -2.17. The number of carbonyl (C=O) groups excluding carboxylic acids is 1. The molecule has 0 spiro atoms. The van der Waals surface area contributed by atoms with Crippen LogP contribution >= 0.6 is 11.8 Å². The van der Waals surface area contributed by atoms with E-state index in [0.717, 1.165) is 40.0 Å². The second-order valence-corrected chi connectivity index (χ2v) is 6.84. The van der Waals surface area contributed by atoms with Crippen molar-refractivity contribution in [2.45, 2.75) is 13.8 Å². The van der Waals surface area contributed by atoms with Crippen LogP contribution in [0.25, 0.3) is 6.08 Å². The third kappa shape index (κ3) is 3.06. The molecule has 6 heteroatoms. The van der Waals surface area contributed by atoms with Crippen LogP contribution in [0.3, 0.4) is 0 Å². The zero-order chi connectivity index (χ0) is 17.3. The number of carbonyl (C=O) groups is 1. The van der Waals surface area contributed by atoms with E-state index in [1.807, 2.05) is 54.7 Å². The molecule has 0 saturated carbocycles. The van der Waals surface area contributed by atoms with Crippen LogP contribution in [-0.4, -0.2) is 40.0 Å². The van der Waals surface area contributed by atoms with Crippen LogP contribution in [0.15, 0.2) is 29.3 Å². The van der Waals surface area contributed by atoms with Crippen LogP contribution in [-0.2, 0) is 7.05 Å². The van der Waals surface area contributed by atoms with E-state index in [4.69, 9.17) is 4.74 Å². The number of rotatable bonds is 3. The Hall–Kier alpha value is -2.21. The van der Waals surface area contributed by atoms with E-state index in [9.17, 15) is 4.79 Å². The molecule has 5 nitrogen and oxygen atoms in total. The van der Waals surface area contributed by atoms with E-state index in [1.165, 1.54) is 0 Å². The molecule has 1 aliphatic heterocycles. The number of thioether (sulfide) groups is 1. The Morgan fingerprint density at radius 2 is 2.00 bits per heavy atom. The van der Waals surface area contributed by atoms with Crippen LogP contribution < -0.4 is 4.74 Å². The molecule has 2 aromatic rings. The van der Waals surface area contributed by atoms with Crippen LogP contribution in [0.5, 0.6) is 5.75 Å². The summed E-state index contributed by atoms with van der Waals surface area (Å²) in [6.07, 6.45) is 2.08. The minimum Gasteiger partial charge on any atom is -0.497 e. The number of methoxy groups -OCH3 is 1. The Bertz CT molecular complexity index is 793. The van der Waals surface area contributed by atoms with Crippen LogP contribution in [0.1, 0.15) is 27.3 Å². The molecule has 1 aliphatic rings. The number of hydrogen-bond acceptors (Lipinski definition) is 4. The summed E-state index contributed by atoms with van der Waals surface area (Å²) < 4.78 is 7.03. The Balaban J connectivity index is 1.89. The van der Waals surface area contributed by atoms with Crippen LogP contribution in [0.4, 0.5) is 0 Å². The minimum atomic E-state index is 0.0214. The summed E-state index contributed by atoms with van der Waals surface area (Å²) in [4.78, 5) is 14.7. The van der Waals surface area contributed by atoms with E-state index in [-0.39, 0.29) is 5.91 Å². The highest BCUT2D eigenvalue weighted by Gasteiger charge is 2.26. The number of hydrogen-bond donors (Lipinski definition) is 0. The molecular formula is C18H21N3O2S. The maximum atomic E-state index is 12.8. The summed E-state index contributed by atoms with van der Waals surface area (Å²) >= 11 is 1.71. The zero-order valence-corrected chi connectivity index (χ0v) is 15.2. The Morgan fingerprint density at radius 3 is 2.58 bits per heavy atom. The van der Waals surface area contributed by atoms with Crippen molar-refractivity contribution >= 4 is 23.7 Å². The van der Waals surface area contributed by atoms with E-state index >= 15 is 0 Å². The van der Waals surface area contributed by atoms with Gasteiger partial charge in [-0.15, -0.1) is 11.8 Å². The van der Waals surface area contributed by atoms with Crippen LogP contribution in [0.2, 0.25) is 0 Å². The molecule has 1 aromatic carbocycles. The predicted octanol–water partition coefficient (Wildman–Crippen LogP) is 3.23.